The van der Waals surface area contributed by atoms with E-state index in [0.717, 1.165) is 18.5 Å². The second-order valence-electron chi connectivity index (χ2n) is 5.34. The summed E-state index contributed by atoms with van der Waals surface area (Å²) in [5, 5.41) is 0. The molecule has 0 radical (unpaired) electrons. The van der Waals surface area contributed by atoms with Crippen molar-refractivity contribution in [3.63, 3.8) is 0 Å². The van der Waals surface area contributed by atoms with Crippen molar-refractivity contribution in [3.05, 3.63) is 0 Å². The van der Waals surface area contributed by atoms with Crippen LogP contribution in [0.15, 0.2) is 0 Å². The number of likely N-dealkylation sites (tertiary alicyclic amines) is 1. The first-order valence-corrected chi connectivity index (χ1v) is 6.16. The van der Waals surface area contributed by atoms with E-state index in [0.29, 0.717) is 5.54 Å². The molecule has 2 nitrogen and oxygen atoms in total. The Morgan fingerprint density at radius 1 is 1.29 bits per heavy atom. The lowest BCUT2D eigenvalue weighted by molar-refractivity contribution is -0.0414. The molecule has 0 aromatic heterocycles. The van der Waals surface area contributed by atoms with Crippen molar-refractivity contribution >= 4 is 0 Å². The highest BCUT2D eigenvalue weighted by atomic mass is 15.2. The maximum atomic E-state index is 5.97. The summed E-state index contributed by atoms with van der Waals surface area (Å²) < 4.78 is 0. The van der Waals surface area contributed by atoms with Crippen LogP contribution in [0.2, 0.25) is 0 Å². The molecule has 0 amide bonds. The zero-order valence-corrected chi connectivity index (χ0v) is 9.63. The van der Waals surface area contributed by atoms with Crippen LogP contribution in [-0.2, 0) is 0 Å². The predicted octanol–water partition coefficient (Wildman–Crippen LogP) is 1.99. The summed E-state index contributed by atoms with van der Waals surface area (Å²) in [6, 6.07) is 0.743. The monoisotopic (exact) mass is 196 g/mol. The third kappa shape index (κ3) is 1.49. The van der Waals surface area contributed by atoms with Gasteiger partial charge in [-0.05, 0) is 51.5 Å². The molecule has 1 saturated carbocycles. The molecule has 2 unspecified atom stereocenters. The summed E-state index contributed by atoms with van der Waals surface area (Å²) in [5.74, 6) is 0.854. The molecule has 2 fully saturated rings. The molecule has 0 spiro atoms. The van der Waals surface area contributed by atoms with Gasteiger partial charge in [-0.1, -0.05) is 6.92 Å². The van der Waals surface area contributed by atoms with E-state index in [2.05, 4.69) is 18.7 Å². The number of piperidine rings is 1. The molecule has 2 heteroatoms. The molecule has 2 rings (SSSR count). The Kier molecular flexibility index (Phi) is 2.85. The summed E-state index contributed by atoms with van der Waals surface area (Å²) in [7, 11) is 0. The van der Waals surface area contributed by atoms with Gasteiger partial charge in [-0.25, -0.2) is 0 Å². The normalized spacial score (nSPS) is 37.9. The van der Waals surface area contributed by atoms with Gasteiger partial charge >= 0.3 is 0 Å². The highest BCUT2D eigenvalue weighted by molar-refractivity contribution is 5.02. The quantitative estimate of drug-likeness (QED) is 0.732. The van der Waals surface area contributed by atoms with Crippen LogP contribution in [0.4, 0.5) is 0 Å². The largest absolute Gasteiger partial charge is 0.329 e. The van der Waals surface area contributed by atoms with Crippen molar-refractivity contribution in [2.45, 2.75) is 57.5 Å². The van der Waals surface area contributed by atoms with Crippen molar-refractivity contribution in [2.75, 3.05) is 13.1 Å². The molecule has 2 aliphatic rings. The van der Waals surface area contributed by atoms with E-state index in [1.165, 1.54) is 38.6 Å². The Morgan fingerprint density at radius 2 is 2.00 bits per heavy atom. The van der Waals surface area contributed by atoms with Gasteiger partial charge in [-0.2, -0.15) is 0 Å². The van der Waals surface area contributed by atoms with Crippen LogP contribution in [0.1, 0.15) is 46.0 Å². The van der Waals surface area contributed by atoms with Gasteiger partial charge in [0.25, 0.3) is 0 Å². The van der Waals surface area contributed by atoms with E-state index in [4.69, 9.17) is 5.73 Å². The Labute approximate surface area is 87.8 Å². The van der Waals surface area contributed by atoms with Gasteiger partial charge in [-0.3, -0.25) is 4.90 Å². The van der Waals surface area contributed by atoms with Gasteiger partial charge in [-0.15, -0.1) is 0 Å². The van der Waals surface area contributed by atoms with Crippen LogP contribution in [-0.4, -0.2) is 29.6 Å². The van der Waals surface area contributed by atoms with Crippen molar-refractivity contribution < 1.29 is 0 Å². The molecule has 1 aliphatic carbocycles. The first-order valence-electron chi connectivity index (χ1n) is 6.16. The van der Waals surface area contributed by atoms with Crippen LogP contribution >= 0.6 is 0 Å². The molecule has 0 bridgehead atoms. The minimum atomic E-state index is 0.397. The third-order valence-corrected chi connectivity index (χ3v) is 4.65. The summed E-state index contributed by atoms with van der Waals surface area (Å²) in [4.78, 5) is 2.71. The second-order valence-corrected chi connectivity index (χ2v) is 5.34. The zero-order valence-electron chi connectivity index (χ0n) is 9.63. The van der Waals surface area contributed by atoms with E-state index in [1.54, 1.807) is 0 Å². The molecule has 0 aromatic rings. The fourth-order valence-electron chi connectivity index (χ4n) is 3.20. The first-order chi connectivity index (χ1) is 6.69. The van der Waals surface area contributed by atoms with E-state index in [-0.39, 0.29) is 0 Å². The number of rotatable bonds is 2. The van der Waals surface area contributed by atoms with E-state index in [1.807, 2.05) is 0 Å². The number of nitrogens with two attached hydrogens (primary N) is 1. The fraction of sp³-hybridized carbons (Fsp3) is 1.00. The molecule has 2 N–H and O–H groups in total. The Balaban J connectivity index is 2.07. The standard InChI is InChI=1S/C12H24N2/c1-10-5-3-8-14(11(10)2)12(9-13)6-4-7-12/h10-11H,3-9,13H2,1-2H3. The highest BCUT2D eigenvalue weighted by Crippen LogP contribution is 2.41. The Bertz CT molecular complexity index is 193. The van der Waals surface area contributed by atoms with Gasteiger partial charge in [0.1, 0.15) is 0 Å². The molecular weight excluding hydrogens is 172 g/mol. The smallest absolute Gasteiger partial charge is 0.0334 e. The van der Waals surface area contributed by atoms with E-state index >= 15 is 0 Å². The molecule has 2 atom stereocenters. The maximum Gasteiger partial charge on any atom is 0.0334 e. The molecule has 1 aliphatic heterocycles. The SMILES string of the molecule is CC1CCCN(C2(CN)CCC2)C1C. The van der Waals surface area contributed by atoms with Crippen LogP contribution in [0.5, 0.6) is 0 Å². The van der Waals surface area contributed by atoms with Crippen LogP contribution in [0.25, 0.3) is 0 Å². The van der Waals surface area contributed by atoms with Crippen molar-refractivity contribution in [1.82, 2.24) is 4.90 Å². The van der Waals surface area contributed by atoms with Gasteiger partial charge in [0.2, 0.25) is 0 Å². The summed E-state index contributed by atoms with van der Waals surface area (Å²) in [6.07, 6.45) is 6.82. The molecule has 1 heterocycles. The topological polar surface area (TPSA) is 29.3 Å². The molecular formula is C12H24N2. The van der Waals surface area contributed by atoms with E-state index in [9.17, 15) is 0 Å². The lowest BCUT2D eigenvalue weighted by Gasteiger charge is -2.55. The van der Waals surface area contributed by atoms with Gasteiger partial charge in [0.15, 0.2) is 0 Å². The fourth-order valence-corrected chi connectivity index (χ4v) is 3.20. The summed E-state index contributed by atoms with van der Waals surface area (Å²) >= 11 is 0. The molecule has 82 valence electrons. The Hall–Kier alpha value is -0.0800. The zero-order chi connectivity index (χ0) is 10.2. The van der Waals surface area contributed by atoms with Crippen molar-refractivity contribution in [3.8, 4) is 0 Å². The first kappa shape index (κ1) is 10.4. The predicted molar refractivity (Wildman–Crippen MR) is 60.2 cm³/mol. The van der Waals surface area contributed by atoms with Crippen LogP contribution in [0, 0.1) is 5.92 Å². The van der Waals surface area contributed by atoms with Crippen LogP contribution < -0.4 is 5.73 Å². The lowest BCUT2D eigenvalue weighted by Crippen LogP contribution is -2.63. The maximum absolute atomic E-state index is 5.97. The number of nitrogens with zero attached hydrogens (tertiary/aromatic N) is 1. The van der Waals surface area contributed by atoms with Gasteiger partial charge in [0, 0.05) is 18.1 Å². The van der Waals surface area contributed by atoms with Gasteiger partial charge < -0.3 is 5.73 Å². The minimum absolute atomic E-state index is 0.397. The minimum Gasteiger partial charge on any atom is -0.329 e. The van der Waals surface area contributed by atoms with Crippen LogP contribution in [0.3, 0.4) is 0 Å². The lowest BCUT2D eigenvalue weighted by atomic mass is 9.72. The third-order valence-electron chi connectivity index (χ3n) is 4.65. The average molecular weight is 196 g/mol. The van der Waals surface area contributed by atoms with Gasteiger partial charge in [0.05, 0.1) is 0 Å². The molecule has 1 saturated heterocycles. The van der Waals surface area contributed by atoms with E-state index < -0.39 is 0 Å². The van der Waals surface area contributed by atoms with Crippen molar-refractivity contribution in [1.29, 1.82) is 0 Å². The second kappa shape index (κ2) is 3.82. The summed E-state index contributed by atoms with van der Waals surface area (Å²) in [5.41, 5.74) is 6.36. The Morgan fingerprint density at radius 3 is 2.50 bits per heavy atom. The van der Waals surface area contributed by atoms with Crippen molar-refractivity contribution in [2.24, 2.45) is 11.7 Å². The average Bonchev–Trinajstić information content (AvgIpc) is 2.11. The number of hydrogen-bond acceptors (Lipinski definition) is 2. The molecule has 14 heavy (non-hydrogen) atoms. The summed E-state index contributed by atoms with van der Waals surface area (Å²) in [6.45, 7) is 6.92. The highest BCUT2D eigenvalue weighted by Gasteiger charge is 2.44. The number of hydrogen-bond donors (Lipinski definition) is 1. The molecule has 0 aromatic carbocycles.